The van der Waals surface area contributed by atoms with Gasteiger partial charge in [-0.3, -0.25) is 0 Å². The molecule has 30 heavy (non-hydrogen) atoms. The highest BCUT2D eigenvalue weighted by Crippen LogP contribution is 2.25. The van der Waals surface area contributed by atoms with E-state index in [4.69, 9.17) is 9.47 Å². The Morgan fingerprint density at radius 3 is 2.03 bits per heavy atom. The Balaban J connectivity index is 1.39. The van der Waals surface area contributed by atoms with Crippen molar-refractivity contribution in [2.75, 3.05) is 13.2 Å². The summed E-state index contributed by atoms with van der Waals surface area (Å²) in [5, 5.41) is 0. The third-order valence-electron chi connectivity index (χ3n) is 5.90. The normalized spacial score (nSPS) is 13.2. The van der Waals surface area contributed by atoms with Crippen molar-refractivity contribution < 1.29 is 9.47 Å². The molecule has 1 aliphatic rings. The molecule has 0 saturated carbocycles. The van der Waals surface area contributed by atoms with Gasteiger partial charge in [0.2, 0.25) is 0 Å². The van der Waals surface area contributed by atoms with E-state index in [1.165, 1.54) is 95.5 Å². The van der Waals surface area contributed by atoms with Gasteiger partial charge < -0.3 is 9.47 Å². The molecular formula is C28H44O2. The molecule has 0 spiro atoms. The quantitative estimate of drug-likeness (QED) is 0.238. The van der Waals surface area contributed by atoms with Crippen molar-refractivity contribution in [1.82, 2.24) is 0 Å². The lowest BCUT2D eigenvalue weighted by atomic mass is 10.0. The molecule has 2 rings (SSSR count). The fraction of sp³-hybridized carbons (Fsp3) is 0.643. The highest BCUT2D eigenvalue weighted by atomic mass is 16.5. The van der Waals surface area contributed by atoms with Crippen LogP contribution < -0.4 is 4.74 Å². The zero-order valence-corrected chi connectivity index (χ0v) is 19.4. The van der Waals surface area contributed by atoms with Crippen molar-refractivity contribution in [2.45, 2.75) is 103 Å². The molecule has 1 aliphatic heterocycles. The fourth-order valence-electron chi connectivity index (χ4n) is 3.96. The Bertz CT molecular complexity index is 617. The number of hydrogen-bond acceptors (Lipinski definition) is 2. The number of ether oxygens (including phenoxy) is 2. The Hall–Kier alpha value is -1.54. The molecule has 1 heterocycles. The van der Waals surface area contributed by atoms with Crippen LogP contribution in [0.5, 0.6) is 5.75 Å². The summed E-state index contributed by atoms with van der Waals surface area (Å²) in [5.74, 6) is 0.931. The average molecular weight is 413 g/mol. The van der Waals surface area contributed by atoms with E-state index in [0.717, 1.165) is 23.5 Å². The molecule has 1 aromatic carbocycles. The molecular weight excluding hydrogens is 368 g/mol. The number of rotatable bonds is 17. The summed E-state index contributed by atoms with van der Waals surface area (Å²) in [7, 11) is 0. The molecule has 2 nitrogen and oxygen atoms in total. The van der Waals surface area contributed by atoms with E-state index in [-0.39, 0.29) is 0 Å². The van der Waals surface area contributed by atoms with E-state index in [1.54, 1.807) is 0 Å². The summed E-state index contributed by atoms with van der Waals surface area (Å²) < 4.78 is 11.6. The molecule has 0 bridgehead atoms. The predicted octanol–water partition coefficient (Wildman–Crippen LogP) is 8.65. The van der Waals surface area contributed by atoms with Crippen LogP contribution in [0.1, 0.15) is 108 Å². The Morgan fingerprint density at radius 2 is 1.40 bits per heavy atom. The van der Waals surface area contributed by atoms with Crippen LogP contribution in [-0.2, 0) is 11.3 Å². The van der Waals surface area contributed by atoms with Gasteiger partial charge >= 0.3 is 0 Å². The smallest absolute Gasteiger partial charge is 0.127 e. The topological polar surface area (TPSA) is 18.5 Å². The Kier molecular flexibility index (Phi) is 13.3. The van der Waals surface area contributed by atoms with Gasteiger partial charge in [0, 0.05) is 12.2 Å². The maximum Gasteiger partial charge on any atom is 0.127 e. The number of fused-ring (bicyclic) bond motifs is 1. The first-order valence-electron chi connectivity index (χ1n) is 12.5. The van der Waals surface area contributed by atoms with E-state index < -0.39 is 0 Å². The molecule has 0 atom stereocenters. The molecule has 0 N–H and O–H groups in total. The lowest BCUT2D eigenvalue weighted by molar-refractivity contribution is 0.116. The Labute approximate surface area is 185 Å². The van der Waals surface area contributed by atoms with Gasteiger partial charge in [-0.25, -0.2) is 0 Å². The van der Waals surface area contributed by atoms with Crippen LogP contribution >= 0.6 is 0 Å². The summed E-state index contributed by atoms with van der Waals surface area (Å²) in [5.41, 5.74) is 3.33. The second-order valence-corrected chi connectivity index (χ2v) is 8.80. The third kappa shape index (κ3) is 11.0. The fourth-order valence-corrected chi connectivity index (χ4v) is 3.96. The van der Waals surface area contributed by atoms with Crippen LogP contribution in [0.15, 0.2) is 36.4 Å². The van der Waals surface area contributed by atoms with E-state index >= 15 is 0 Å². The first-order valence-corrected chi connectivity index (χ1v) is 12.5. The second-order valence-electron chi connectivity index (χ2n) is 8.80. The van der Waals surface area contributed by atoms with E-state index in [9.17, 15) is 0 Å². The molecule has 0 fully saturated rings. The monoisotopic (exact) mass is 412 g/mol. The van der Waals surface area contributed by atoms with Gasteiger partial charge in [0.25, 0.3) is 0 Å². The number of hydrogen-bond donors (Lipinski definition) is 0. The minimum absolute atomic E-state index is 0.568. The van der Waals surface area contributed by atoms with E-state index in [0.29, 0.717) is 13.2 Å². The lowest BCUT2D eigenvalue weighted by Gasteiger charge is -2.09. The largest absolute Gasteiger partial charge is 0.488 e. The van der Waals surface area contributed by atoms with Crippen molar-refractivity contribution in [3.8, 4) is 5.75 Å². The van der Waals surface area contributed by atoms with Crippen LogP contribution in [0.4, 0.5) is 0 Å². The van der Waals surface area contributed by atoms with E-state index in [2.05, 4.69) is 31.7 Å². The van der Waals surface area contributed by atoms with Gasteiger partial charge in [-0.2, -0.15) is 0 Å². The molecule has 0 amide bonds. The van der Waals surface area contributed by atoms with Crippen molar-refractivity contribution >= 4 is 6.08 Å². The molecule has 0 unspecified atom stereocenters. The minimum Gasteiger partial charge on any atom is -0.488 e. The van der Waals surface area contributed by atoms with Gasteiger partial charge in [-0.05, 0) is 29.7 Å². The molecule has 0 saturated heterocycles. The van der Waals surface area contributed by atoms with Crippen molar-refractivity contribution in [3.63, 3.8) is 0 Å². The summed E-state index contributed by atoms with van der Waals surface area (Å²) in [6.07, 6.45) is 23.6. The maximum atomic E-state index is 5.89. The van der Waals surface area contributed by atoms with Crippen LogP contribution in [-0.4, -0.2) is 13.2 Å². The predicted molar refractivity (Wildman–Crippen MR) is 130 cm³/mol. The van der Waals surface area contributed by atoms with Crippen LogP contribution in [0, 0.1) is 0 Å². The van der Waals surface area contributed by atoms with Crippen molar-refractivity contribution in [1.29, 1.82) is 0 Å². The van der Waals surface area contributed by atoms with Gasteiger partial charge in [0.05, 0.1) is 6.61 Å². The molecule has 1 aromatic rings. The molecule has 2 heteroatoms. The first-order chi connectivity index (χ1) is 14.8. The van der Waals surface area contributed by atoms with E-state index in [1.807, 2.05) is 12.1 Å². The van der Waals surface area contributed by atoms with Gasteiger partial charge in [0.1, 0.15) is 12.4 Å². The average Bonchev–Trinajstić information content (AvgIpc) is 2.94. The molecule has 0 radical (unpaired) electrons. The minimum atomic E-state index is 0.568. The van der Waals surface area contributed by atoms with Crippen LogP contribution in [0.25, 0.3) is 6.08 Å². The maximum absolute atomic E-state index is 5.89. The number of unbranched alkanes of at least 4 members (excludes halogenated alkanes) is 13. The summed E-state index contributed by atoms with van der Waals surface area (Å²) in [4.78, 5) is 0. The van der Waals surface area contributed by atoms with Crippen molar-refractivity contribution in [2.24, 2.45) is 0 Å². The highest BCUT2D eigenvalue weighted by Gasteiger charge is 2.07. The van der Waals surface area contributed by atoms with Gasteiger partial charge in [0.15, 0.2) is 0 Å². The first kappa shape index (κ1) is 24.7. The van der Waals surface area contributed by atoms with Crippen molar-refractivity contribution in [3.05, 3.63) is 47.6 Å². The zero-order chi connectivity index (χ0) is 21.3. The molecule has 168 valence electrons. The Morgan fingerprint density at radius 1 is 0.800 bits per heavy atom. The zero-order valence-electron chi connectivity index (χ0n) is 19.4. The van der Waals surface area contributed by atoms with Crippen LogP contribution in [0.3, 0.4) is 0 Å². The van der Waals surface area contributed by atoms with Gasteiger partial charge in [-0.1, -0.05) is 115 Å². The second kappa shape index (κ2) is 16.2. The number of benzene rings is 1. The standard InChI is InChI=1S/C28H44O2/c1-3-4-5-6-7-8-9-10-11-12-13-14-15-16-21-29-24-26-18-20-28-27(22-26)19-17-25(2)23-30-28/h17-20,22H,2-16,21,23-24H2,1H3. The van der Waals surface area contributed by atoms with Crippen LogP contribution in [0.2, 0.25) is 0 Å². The lowest BCUT2D eigenvalue weighted by Crippen LogP contribution is -1.99. The summed E-state index contributed by atoms with van der Waals surface area (Å²) >= 11 is 0. The highest BCUT2D eigenvalue weighted by molar-refractivity contribution is 5.61. The summed E-state index contributed by atoms with van der Waals surface area (Å²) in [6, 6.07) is 6.31. The SMILES string of the molecule is C=C1C=Cc2cc(COCCCCCCCCCCCCCCCC)ccc2OC1. The van der Waals surface area contributed by atoms with Gasteiger partial charge in [-0.15, -0.1) is 0 Å². The molecule has 0 aromatic heterocycles. The molecule has 0 aliphatic carbocycles. The third-order valence-corrected chi connectivity index (χ3v) is 5.90. The summed E-state index contributed by atoms with van der Waals surface area (Å²) in [6.45, 7) is 8.36.